The third-order valence-electron chi connectivity index (χ3n) is 23.9. The fourth-order valence-electron chi connectivity index (χ4n) is 13.5. The highest BCUT2D eigenvalue weighted by Crippen LogP contribution is 2.42. The molecule has 0 spiro atoms. The van der Waals surface area contributed by atoms with Gasteiger partial charge in [0.1, 0.15) is 30.1 Å². The van der Waals surface area contributed by atoms with Gasteiger partial charge in [-0.05, 0) is 208 Å². The lowest BCUT2D eigenvalue weighted by molar-refractivity contribution is -0.144. The summed E-state index contributed by atoms with van der Waals surface area (Å²) in [4.78, 5) is 48.1. The zero-order valence-corrected chi connectivity index (χ0v) is 81.6. The summed E-state index contributed by atoms with van der Waals surface area (Å²) in [5, 5.41) is 0. The number of rotatable bonds is 30. The molecule has 12 aromatic carbocycles. The average molecular weight is 1990 g/mol. The lowest BCUT2D eigenvalue weighted by atomic mass is 9.87. The number of halogens is 19. The molecule has 10 nitrogen and oxygen atoms in total. The van der Waals surface area contributed by atoms with Crippen LogP contribution in [-0.2, 0) is 76.4 Å². The predicted molar refractivity (Wildman–Crippen MR) is 508 cm³/mol. The first kappa shape index (κ1) is 116. The van der Waals surface area contributed by atoms with Gasteiger partial charge >= 0.3 is 36.2 Å². The Morgan fingerprint density at radius 2 is 0.507 bits per heavy atom. The molecule has 0 aliphatic carbocycles. The second-order valence-corrected chi connectivity index (χ2v) is 35.1. The molecule has 0 N–H and O–H groups in total. The van der Waals surface area contributed by atoms with Crippen LogP contribution in [0.3, 0.4) is 0 Å². The minimum atomic E-state index is -5.68. The Morgan fingerprint density at radius 3 is 0.789 bits per heavy atom. The van der Waals surface area contributed by atoms with Crippen LogP contribution in [0.2, 0.25) is 0 Å². The summed E-state index contributed by atoms with van der Waals surface area (Å²) in [7, 11) is 0. The number of carbonyl (C=O) groups excluding carboxylic acids is 4. The number of ether oxygens (including phenoxy) is 6. The highest BCUT2D eigenvalue weighted by molar-refractivity contribution is 5.92. The summed E-state index contributed by atoms with van der Waals surface area (Å²) in [6.07, 6.45) is -5.21. The number of hydrogen-bond acceptors (Lipinski definition) is 10. The van der Waals surface area contributed by atoms with Crippen LogP contribution in [-0.4, -0.2) is 23.9 Å². The molecule has 0 saturated carbocycles. The van der Waals surface area contributed by atoms with Gasteiger partial charge in [-0.25, -0.2) is 67.5 Å². The topological polar surface area (TPSA) is 124 Å². The smallest absolute Gasteiger partial charge is 0.422 e. The molecule has 0 bridgehead atoms. The summed E-state index contributed by atoms with van der Waals surface area (Å²) < 4.78 is 281. The number of aryl methyl sites for hydroxylation is 1. The Morgan fingerprint density at radius 1 is 0.268 bits per heavy atom. The van der Waals surface area contributed by atoms with Crippen molar-refractivity contribution in [1.82, 2.24) is 0 Å². The summed E-state index contributed by atoms with van der Waals surface area (Å²) in [5.74, 6) is -30.4. The maximum atomic E-state index is 13.8. The molecule has 12 rings (SSSR count). The average Bonchev–Trinajstić information content (AvgIpc) is 0.773. The molecule has 12 aromatic rings. The number of hydrogen-bond donors (Lipinski definition) is 0. The van der Waals surface area contributed by atoms with Crippen LogP contribution in [0.5, 0.6) is 11.5 Å². The largest absolute Gasteiger partial charge is 0.457 e. The van der Waals surface area contributed by atoms with E-state index in [4.69, 9.17) is 23.7 Å². The van der Waals surface area contributed by atoms with Gasteiger partial charge in [0.25, 0.3) is 0 Å². The molecule has 29 heteroatoms. The predicted octanol–water partition coefficient (Wildman–Crippen LogP) is 33.2. The van der Waals surface area contributed by atoms with Gasteiger partial charge in [0.2, 0.25) is 23.2 Å². The first-order chi connectivity index (χ1) is 67.0. The molecule has 0 aliphatic heterocycles. The number of esters is 4. The van der Waals surface area contributed by atoms with Crippen molar-refractivity contribution < 1.29 is 131 Å². The van der Waals surface area contributed by atoms with Crippen LogP contribution in [0, 0.1) is 82.5 Å². The maximum Gasteiger partial charge on any atom is 0.422 e. The molecule has 6 atom stereocenters. The van der Waals surface area contributed by atoms with E-state index in [1.165, 1.54) is 39.9 Å². The lowest BCUT2D eigenvalue weighted by Gasteiger charge is -2.19. The van der Waals surface area contributed by atoms with Crippen molar-refractivity contribution in [3.63, 3.8) is 0 Å². The van der Waals surface area contributed by atoms with Crippen molar-refractivity contribution in [2.24, 2.45) is 0 Å². The summed E-state index contributed by atoms with van der Waals surface area (Å²) in [5.41, 5.74) is 6.91. The third kappa shape index (κ3) is 33.1. The van der Waals surface area contributed by atoms with Crippen LogP contribution in [0.15, 0.2) is 224 Å². The molecule has 0 aliphatic rings. The highest BCUT2D eigenvalue weighted by atomic mass is 19.4. The van der Waals surface area contributed by atoms with E-state index >= 15 is 0 Å². The SMILES string of the molecule is CCC(C)c1ccc(C(=O)OCc2ccc(C(C)(C)C)cc2)cc1.CCC(C)c1ccc(C(=O)OCc2ccc(C)cc2)cc1.CCC(C)c1ccc(C(=O)Oc2c(F)c(F)c(C(F)(F)F)c(F)c2F)cc1.CCC(C)c1ccc(C(=O)Oc2ccccc2)cc1.CCC(C)c1ccc(COCc2c(F)c(F)c(C(F)(F)F)c(F)c2F)cc1.CCC(C)c1ccc(COCc2c(F)c(F)c(F)c(F)c2F)cc1. The van der Waals surface area contributed by atoms with Crippen molar-refractivity contribution in [1.29, 1.82) is 0 Å². The second kappa shape index (κ2) is 54.4. The first-order valence-electron chi connectivity index (χ1n) is 46.1. The van der Waals surface area contributed by atoms with Gasteiger partial charge < -0.3 is 28.4 Å². The van der Waals surface area contributed by atoms with Crippen LogP contribution >= 0.6 is 0 Å². The van der Waals surface area contributed by atoms with E-state index in [-0.39, 0.29) is 48.0 Å². The van der Waals surface area contributed by atoms with E-state index in [1.807, 2.05) is 186 Å². The molecule has 0 fully saturated rings. The van der Waals surface area contributed by atoms with E-state index < -0.39 is 135 Å². The van der Waals surface area contributed by atoms with Gasteiger partial charge in [-0.2, -0.15) is 35.1 Å². The Hall–Kier alpha value is -12.9. The van der Waals surface area contributed by atoms with Crippen molar-refractivity contribution in [2.75, 3.05) is 0 Å². The summed E-state index contributed by atoms with van der Waals surface area (Å²) in [6.45, 7) is 32.6. The van der Waals surface area contributed by atoms with Crippen LogP contribution in [0.1, 0.15) is 308 Å². The van der Waals surface area contributed by atoms with Gasteiger partial charge in [-0.15, -0.1) is 0 Å². The Balaban J connectivity index is 0.000000232. The maximum absolute atomic E-state index is 13.8. The van der Waals surface area contributed by atoms with Gasteiger partial charge in [-0.3, -0.25) is 0 Å². The molecular formula is C113H115F19O10. The normalized spacial score (nSPS) is 12.5. The molecule has 0 saturated heterocycles. The Bertz CT molecular complexity index is 5990. The molecule has 0 aromatic heterocycles. The molecule has 142 heavy (non-hydrogen) atoms. The molecule has 0 heterocycles. The first-order valence-corrected chi connectivity index (χ1v) is 46.1. The Kier molecular flexibility index (Phi) is 44.4. The van der Waals surface area contributed by atoms with Crippen molar-refractivity contribution in [2.45, 2.75) is 242 Å². The van der Waals surface area contributed by atoms with Gasteiger partial charge in [0.15, 0.2) is 58.2 Å². The van der Waals surface area contributed by atoms with Crippen LogP contribution in [0.4, 0.5) is 83.4 Å². The van der Waals surface area contributed by atoms with E-state index in [0.717, 1.165) is 71.9 Å². The van der Waals surface area contributed by atoms with Gasteiger partial charge in [0, 0.05) is 0 Å². The fourth-order valence-corrected chi connectivity index (χ4v) is 13.5. The highest BCUT2D eigenvalue weighted by Gasteiger charge is 2.45. The van der Waals surface area contributed by atoms with E-state index in [9.17, 15) is 103 Å². The Labute approximate surface area is 816 Å². The third-order valence-corrected chi connectivity index (χ3v) is 23.9. The molecule has 760 valence electrons. The lowest BCUT2D eigenvalue weighted by Crippen LogP contribution is -2.18. The molecule has 6 unspecified atom stereocenters. The van der Waals surface area contributed by atoms with Crippen LogP contribution in [0.25, 0.3) is 0 Å². The minimum Gasteiger partial charge on any atom is -0.457 e. The zero-order chi connectivity index (χ0) is 105. The number of alkyl halides is 6. The van der Waals surface area contributed by atoms with E-state index in [1.54, 1.807) is 48.5 Å². The molecule has 0 radical (unpaired) electrons. The van der Waals surface area contributed by atoms with Crippen molar-refractivity contribution >= 4 is 23.9 Å². The molecular weight excluding hydrogens is 1880 g/mol. The van der Waals surface area contributed by atoms with E-state index in [0.29, 0.717) is 70.8 Å². The van der Waals surface area contributed by atoms with Crippen molar-refractivity contribution in [3.05, 3.63) is 411 Å². The second-order valence-electron chi connectivity index (χ2n) is 35.1. The van der Waals surface area contributed by atoms with E-state index in [2.05, 4.69) is 93.0 Å². The van der Waals surface area contributed by atoms with Gasteiger partial charge in [0.05, 0.1) is 59.8 Å². The number of carbonyl (C=O) groups is 4. The van der Waals surface area contributed by atoms with Gasteiger partial charge in [-0.1, -0.05) is 273 Å². The number of para-hydroxylation sites is 1. The summed E-state index contributed by atoms with van der Waals surface area (Å²) in [6, 6.07) is 68.7. The summed E-state index contributed by atoms with van der Waals surface area (Å²) >= 11 is 0. The van der Waals surface area contributed by atoms with Crippen molar-refractivity contribution in [3.8, 4) is 11.5 Å². The number of benzene rings is 12. The van der Waals surface area contributed by atoms with Crippen LogP contribution < -0.4 is 9.47 Å². The quantitative estimate of drug-likeness (QED) is 0.0141. The molecule has 0 amide bonds. The monoisotopic (exact) mass is 1990 g/mol. The zero-order valence-electron chi connectivity index (χ0n) is 81.6. The minimum absolute atomic E-state index is 0.000278. The fraction of sp³-hybridized carbons (Fsp3) is 0.327. The standard InChI is InChI=1S/C22H28O2.C19H17F7O.C19H22O2.C18H13F7O2.C18H17F5O.C17H18O2/c1-6-16(2)18-9-11-19(12-10-18)21(23)24-15-17-7-13-20(14-8-17)22(3,4)5;1-3-10(2)12-6-4-11(5-7-12)8-27-9-13-15(20)17(22)14(19(24,25)26)18(23)16(13)21;1-4-15(3)17-9-11-18(12-10-17)19(20)21-13-16-7-5-14(2)6-8-16;1-3-8(2)9-4-6-10(7-5-9)17(26)27-16-14(21)12(19)11(18(23,24)25)13(20)15(16)22;1-3-10(2)12-6-4-11(5-7-12)8-24-9-13-14(19)16(21)18(23)17(22)15(13)20;1-3-13(2)14-9-11-15(12-10-14)17(18)19-16-7-5-4-6-8-16/h7-14,16H,6,15H2,1-5H3;4-7,10H,3,8-9H2,1-2H3;5-12,15H,4,13H2,1-3H3;4-8H,3H2,1-2H3;4-7,10H,3,8-9H2,1-2H3;4-13H,3H2,1-2H3.